The molecule has 0 aromatic heterocycles. The third kappa shape index (κ3) is 3.70. The SMILES string of the molecule is O=NC(O)CCCO. The van der Waals surface area contributed by atoms with E-state index in [0.717, 1.165) is 0 Å². The molecule has 0 fully saturated rings. The van der Waals surface area contributed by atoms with Crippen LogP contribution in [0, 0.1) is 4.91 Å². The van der Waals surface area contributed by atoms with E-state index in [1.807, 2.05) is 0 Å². The standard InChI is InChI=1S/C4H9NO3/c6-3-1-2-4(7)5-8/h4,6-7H,1-3H2. The minimum Gasteiger partial charge on any atom is -0.396 e. The fraction of sp³-hybridized carbons (Fsp3) is 1.00. The molecule has 0 saturated carbocycles. The van der Waals surface area contributed by atoms with E-state index in [1.54, 1.807) is 0 Å². The van der Waals surface area contributed by atoms with E-state index < -0.39 is 6.23 Å². The molecule has 0 aliphatic carbocycles. The molecule has 4 heteroatoms. The van der Waals surface area contributed by atoms with Crippen molar-refractivity contribution in [2.24, 2.45) is 5.18 Å². The van der Waals surface area contributed by atoms with E-state index in [0.29, 0.717) is 6.42 Å². The van der Waals surface area contributed by atoms with E-state index in [4.69, 9.17) is 10.2 Å². The van der Waals surface area contributed by atoms with Gasteiger partial charge in [0, 0.05) is 6.61 Å². The van der Waals surface area contributed by atoms with Crippen LogP contribution in [0.5, 0.6) is 0 Å². The van der Waals surface area contributed by atoms with Gasteiger partial charge in [0.05, 0.1) is 0 Å². The molecule has 0 rings (SSSR count). The highest BCUT2D eigenvalue weighted by Crippen LogP contribution is 1.95. The Labute approximate surface area is 47.1 Å². The molecule has 48 valence electrons. The lowest BCUT2D eigenvalue weighted by Gasteiger charge is -1.95. The molecule has 0 aromatic rings. The molecular formula is C4H9NO3. The Hall–Kier alpha value is -0.480. The Bertz CT molecular complexity index is 66.3. The van der Waals surface area contributed by atoms with Crippen molar-refractivity contribution in [1.82, 2.24) is 0 Å². The summed E-state index contributed by atoms with van der Waals surface area (Å²) in [7, 11) is 0. The van der Waals surface area contributed by atoms with Crippen molar-refractivity contribution in [2.45, 2.75) is 19.1 Å². The molecule has 0 amide bonds. The molecule has 0 heterocycles. The number of hydrogen-bond donors (Lipinski definition) is 2. The smallest absolute Gasteiger partial charge is 0.187 e. The van der Waals surface area contributed by atoms with Crippen LogP contribution in [-0.2, 0) is 0 Å². The summed E-state index contributed by atoms with van der Waals surface area (Å²) >= 11 is 0. The number of rotatable bonds is 4. The molecule has 4 nitrogen and oxygen atoms in total. The molecule has 2 N–H and O–H groups in total. The van der Waals surface area contributed by atoms with Gasteiger partial charge in [-0.25, -0.2) is 0 Å². The van der Waals surface area contributed by atoms with Crippen LogP contribution in [0.15, 0.2) is 5.18 Å². The van der Waals surface area contributed by atoms with E-state index in [-0.39, 0.29) is 13.0 Å². The van der Waals surface area contributed by atoms with Crippen LogP contribution in [-0.4, -0.2) is 23.0 Å². The number of hydrogen-bond acceptors (Lipinski definition) is 4. The van der Waals surface area contributed by atoms with Crippen LogP contribution in [0.2, 0.25) is 0 Å². The summed E-state index contributed by atoms with van der Waals surface area (Å²) in [5, 5.41) is 18.9. The molecule has 0 aliphatic heterocycles. The first-order chi connectivity index (χ1) is 3.81. The first-order valence-corrected chi connectivity index (χ1v) is 2.42. The Morgan fingerprint density at radius 1 is 1.62 bits per heavy atom. The first kappa shape index (κ1) is 7.52. The Morgan fingerprint density at radius 3 is 2.62 bits per heavy atom. The van der Waals surface area contributed by atoms with Gasteiger partial charge in [0.1, 0.15) is 0 Å². The van der Waals surface area contributed by atoms with Crippen LogP contribution in [0.25, 0.3) is 0 Å². The molecule has 0 bridgehead atoms. The largest absolute Gasteiger partial charge is 0.396 e. The lowest BCUT2D eigenvalue weighted by molar-refractivity contribution is 0.156. The summed E-state index contributed by atoms with van der Waals surface area (Å²) in [6.45, 7) is -0.00736. The van der Waals surface area contributed by atoms with Crippen molar-refractivity contribution >= 4 is 0 Å². The van der Waals surface area contributed by atoms with Crippen LogP contribution in [0.3, 0.4) is 0 Å². The van der Waals surface area contributed by atoms with Gasteiger partial charge in [0.15, 0.2) is 6.23 Å². The lowest BCUT2D eigenvalue weighted by Crippen LogP contribution is -2.01. The Balaban J connectivity index is 2.98. The summed E-state index contributed by atoms with van der Waals surface area (Å²) in [5.41, 5.74) is 0. The minimum absolute atomic E-state index is 0.00736. The topological polar surface area (TPSA) is 69.9 Å². The summed E-state index contributed by atoms with van der Waals surface area (Å²) in [6.07, 6.45) is -0.463. The normalized spacial score (nSPS) is 13.2. The van der Waals surface area contributed by atoms with Gasteiger partial charge in [-0.1, -0.05) is 0 Å². The second-order valence-corrected chi connectivity index (χ2v) is 1.45. The monoisotopic (exact) mass is 119 g/mol. The summed E-state index contributed by atoms with van der Waals surface area (Å²) < 4.78 is 0. The first-order valence-electron chi connectivity index (χ1n) is 2.42. The van der Waals surface area contributed by atoms with Crippen molar-refractivity contribution < 1.29 is 10.2 Å². The third-order valence-electron chi connectivity index (χ3n) is 0.742. The molecule has 0 aromatic carbocycles. The highest BCUT2D eigenvalue weighted by atomic mass is 16.3. The second-order valence-electron chi connectivity index (χ2n) is 1.45. The maximum Gasteiger partial charge on any atom is 0.187 e. The van der Waals surface area contributed by atoms with E-state index in [9.17, 15) is 4.91 Å². The lowest BCUT2D eigenvalue weighted by atomic mass is 10.3. The predicted octanol–water partition coefficient (Wildman–Crippen LogP) is -0.156. The zero-order chi connectivity index (χ0) is 6.41. The summed E-state index contributed by atoms with van der Waals surface area (Å²) in [4.78, 5) is 9.43. The maximum absolute atomic E-state index is 9.43. The van der Waals surface area contributed by atoms with Gasteiger partial charge < -0.3 is 10.2 Å². The zero-order valence-electron chi connectivity index (χ0n) is 4.45. The summed E-state index contributed by atoms with van der Waals surface area (Å²) in [5.74, 6) is 0. The van der Waals surface area contributed by atoms with Gasteiger partial charge >= 0.3 is 0 Å². The molecule has 8 heavy (non-hydrogen) atoms. The van der Waals surface area contributed by atoms with Crippen LogP contribution >= 0.6 is 0 Å². The fourth-order valence-electron chi connectivity index (χ4n) is 0.327. The number of nitrogens with zero attached hydrogens (tertiary/aromatic N) is 1. The molecule has 0 spiro atoms. The van der Waals surface area contributed by atoms with Crippen molar-refractivity contribution in [3.8, 4) is 0 Å². The van der Waals surface area contributed by atoms with Gasteiger partial charge in [-0.15, -0.1) is 4.91 Å². The van der Waals surface area contributed by atoms with Crippen LogP contribution in [0.4, 0.5) is 0 Å². The second kappa shape index (κ2) is 4.67. The highest BCUT2D eigenvalue weighted by Gasteiger charge is 1.98. The van der Waals surface area contributed by atoms with Gasteiger partial charge in [0.25, 0.3) is 0 Å². The predicted molar refractivity (Wildman–Crippen MR) is 28.1 cm³/mol. The van der Waals surface area contributed by atoms with E-state index in [2.05, 4.69) is 5.18 Å². The number of aliphatic hydroxyl groups is 2. The maximum atomic E-state index is 9.43. The molecular weight excluding hydrogens is 110 g/mol. The van der Waals surface area contributed by atoms with E-state index >= 15 is 0 Å². The third-order valence-corrected chi connectivity index (χ3v) is 0.742. The Kier molecular flexibility index (Phi) is 4.39. The van der Waals surface area contributed by atoms with Gasteiger partial charge in [0.2, 0.25) is 0 Å². The van der Waals surface area contributed by atoms with Gasteiger partial charge in [-0.3, -0.25) is 0 Å². The van der Waals surface area contributed by atoms with Crippen LogP contribution in [0.1, 0.15) is 12.8 Å². The Morgan fingerprint density at radius 2 is 2.25 bits per heavy atom. The molecule has 1 atom stereocenters. The molecule has 0 saturated heterocycles. The van der Waals surface area contributed by atoms with Gasteiger partial charge in [-0.2, -0.15) is 0 Å². The molecule has 1 unspecified atom stereocenters. The summed E-state index contributed by atoms with van der Waals surface area (Å²) in [6, 6.07) is 0. The van der Waals surface area contributed by atoms with Crippen LogP contribution < -0.4 is 0 Å². The average molecular weight is 119 g/mol. The highest BCUT2D eigenvalue weighted by molar-refractivity contribution is 4.48. The fourth-order valence-corrected chi connectivity index (χ4v) is 0.327. The van der Waals surface area contributed by atoms with Gasteiger partial charge in [-0.05, 0) is 18.0 Å². The van der Waals surface area contributed by atoms with Crippen molar-refractivity contribution in [2.75, 3.05) is 6.61 Å². The van der Waals surface area contributed by atoms with Crippen molar-refractivity contribution in [3.05, 3.63) is 4.91 Å². The zero-order valence-corrected chi connectivity index (χ0v) is 4.45. The average Bonchev–Trinajstić information content (AvgIpc) is 1.83. The number of nitroso groups, excluding NO2 is 1. The van der Waals surface area contributed by atoms with E-state index in [1.165, 1.54) is 0 Å². The quantitative estimate of drug-likeness (QED) is 0.505. The molecule has 0 radical (unpaired) electrons. The number of aliphatic hydroxyl groups excluding tert-OH is 2. The minimum atomic E-state index is -1.14. The van der Waals surface area contributed by atoms with Crippen molar-refractivity contribution in [3.63, 3.8) is 0 Å². The van der Waals surface area contributed by atoms with Crippen molar-refractivity contribution in [1.29, 1.82) is 0 Å². The molecule has 0 aliphatic rings.